The summed E-state index contributed by atoms with van der Waals surface area (Å²) in [6.07, 6.45) is 0.772. The fraction of sp³-hybridized carbons (Fsp3) is 0.462. The molecule has 0 aliphatic carbocycles. The molecule has 0 bridgehead atoms. The molecule has 0 aliphatic heterocycles. The van der Waals surface area contributed by atoms with Crippen molar-refractivity contribution in [3.63, 3.8) is 0 Å². The number of hydrogen-bond acceptors (Lipinski definition) is 3. The van der Waals surface area contributed by atoms with Gasteiger partial charge in [-0.25, -0.2) is 0 Å². The maximum Gasteiger partial charge on any atom is 0.319 e. The van der Waals surface area contributed by atoms with E-state index in [4.69, 9.17) is 16.3 Å². The summed E-state index contributed by atoms with van der Waals surface area (Å²) in [5, 5.41) is 0.643. The Balaban J connectivity index is 2.53. The standard InChI is InChI=1S/C13H17ClO2S/c1-3-12(13(15)16-4-2)17-9-10-7-5-6-8-11(10)14/h5-8,12H,3-4,9H2,1-2H3. The van der Waals surface area contributed by atoms with Crippen LogP contribution < -0.4 is 0 Å². The highest BCUT2D eigenvalue weighted by Crippen LogP contribution is 2.25. The van der Waals surface area contributed by atoms with Gasteiger partial charge in [-0.15, -0.1) is 11.8 Å². The van der Waals surface area contributed by atoms with Gasteiger partial charge in [-0.1, -0.05) is 36.7 Å². The number of ether oxygens (including phenoxy) is 1. The first-order chi connectivity index (χ1) is 8.19. The molecule has 1 aromatic carbocycles. The average molecular weight is 273 g/mol. The van der Waals surface area contributed by atoms with Crippen molar-refractivity contribution in [2.24, 2.45) is 0 Å². The minimum absolute atomic E-state index is 0.105. The molecule has 2 nitrogen and oxygen atoms in total. The number of halogens is 1. The summed E-state index contributed by atoms with van der Waals surface area (Å²) in [6, 6.07) is 7.70. The van der Waals surface area contributed by atoms with Crippen LogP contribution in [0.1, 0.15) is 25.8 Å². The highest BCUT2D eigenvalue weighted by molar-refractivity contribution is 7.99. The number of carbonyl (C=O) groups excluding carboxylic acids is 1. The lowest BCUT2D eigenvalue weighted by atomic mass is 10.2. The van der Waals surface area contributed by atoms with Gasteiger partial charge in [0, 0.05) is 10.8 Å². The van der Waals surface area contributed by atoms with Gasteiger partial charge < -0.3 is 4.74 Å². The molecular formula is C13H17ClO2S. The maximum absolute atomic E-state index is 11.6. The van der Waals surface area contributed by atoms with E-state index in [1.54, 1.807) is 11.8 Å². The van der Waals surface area contributed by atoms with E-state index >= 15 is 0 Å². The van der Waals surface area contributed by atoms with E-state index in [1.165, 1.54) is 0 Å². The van der Waals surface area contributed by atoms with Crippen molar-refractivity contribution in [3.05, 3.63) is 34.9 Å². The second-order valence-electron chi connectivity index (χ2n) is 3.55. The topological polar surface area (TPSA) is 26.3 Å². The summed E-state index contributed by atoms with van der Waals surface area (Å²) in [5.74, 6) is 0.601. The van der Waals surface area contributed by atoms with Crippen LogP contribution in [0, 0.1) is 0 Å². The van der Waals surface area contributed by atoms with Gasteiger partial charge in [0.15, 0.2) is 0 Å². The molecule has 0 N–H and O–H groups in total. The Bertz CT molecular complexity index is 368. The van der Waals surface area contributed by atoms with Crippen molar-refractivity contribution < 1.29 is 9.53 Å². The minimum Gasteiger partial charge on any atom is -0.465 e. The van der Waals surface area contributed by atoms with Crippen molar-refractivity contribution in [2.75, 3.05) is 6.61 Å². The van der Waals surface area contributed by atoms with Gasteiger partial charge in [0.25, 0.3) is 0 Å². The maximum atomic E-state index is 11.6. The molecule has 1 atom stereocenters. The fourth-order valence-corrected chi connectivity index (χ4v) is 2.75. The molecule has 1 rings (SSSR count). The zero-order chi connectivity index (χ0) is 12.7. The van der Waals surface area contributed by atoms with E-state index in [0.29, 0.717) is 6.61 Å². The van der Waals surface area contributed by atoms with Crippen LogP contribution in [0.4, 0.5) is 0 Å². The molecule has 0 amide bonds. The second kappa shape index (κ2) is 7.62. The molecule has 0 fully saturated rings. The zero-order valence-electron chi connectivity index (χ0n) is 10.1. The lowest BCUT2D eigenvalue weighted by Gasteiger charge is -2.13. The monoisotopic (exact) mass is 272 g/mol. The molecule has 4 heteroatoms. The number of thioether (sulfide) groups is 1. The molecule has 0 spiro atoms. The van der Waals surface area contributed by atoms with Gasteiger partial charge in [-0.3, -0.25) is 4.79 Å². The summed E-state index contributed by atoms with van der Waals surface area (Å²) in [6.45, 7) is 4.24. The Labute approximate surface area is 112 Å². The first-order valence-corrected chi connectivity index (χ1v) is 7.13. The third kappa shape index (κ3) is 4.60. The molecule has 0 aliphatic rings. The molecule has 0 aromatic heterocycles. The summed E-state index contributed by atoms with van der Waals surface area (Å²) < 4.78 is 5.02. The van der Waals surface area contributed by atoms with Crippen molar-refractivity contribution in [2.45, 2.75) is 31.3 Å². The van der Waals surface area contributed by atoms with Crippen LogP contribution in [-0.4, -0.2) is 17.8 Å². The van der Waals surface area contributed by atoms with E-state index in [-0.39, 0.29) is 11.2 Å². The van der Waals surface area contributed by atoms with Crippen molar-refractivity contribution >= 4 is 29.3 Å². The minimum atomic E-state index is -0.132. The highest BCUT2D eigenvalue weighted by Gasteiger charge is 2.18. The largest absolute Gasteiger partial charge is 0.465 e. The van der Waals surface area contributed by atoms with Gasteiger partial charge >= 0.3 is 5.97 Å². The third-order valence-corrected chi connectivity index (χ3v) is 4.09. The lowest BCUT2D eigenvalue weighted by Crippen LogP contribution is -2.19. The van der Waals surface area contributed by atoms with E-state index in [9.17, 15) is 4.79 Å². The van der Waals surface area contributed by atoms with E-state index in [2.05, 4.69) is 0 Å². The van der Waals surface area contributed by atoms with Crippen LogP contribution >= 0.6 is 23.4 Å². The summed E-state index contributed by atoms with van der Waals surface area (Å²) in [7, 11) is 0. The molecule has 17 heavy (non-hydrogen) atoms. The van der Waals surface area contributed by atoms with Crippen LogP contribution in [0.15, 0.2) is 24.3 Å². The van der Waals surface area contributed by atoms with Gasteiger partial charge in [-0.2, -0.15) is 0 Å². The molecule has 1 unspecified atom stereocenters. The third-order valence-electron chi connectivity index (χ3n) is 2.32. The van der Waals surface area contributed by atoms with Crippen LogP contribution in [0.2, 0.25) is 5.02 Å². The Morgan fingerprint density at radius 3 is 2.71 bits per heavy atom. The zero-order valence-corrected chi connectivity index (χ0v) is 11.7. The quantitative estimate of drug-likeness (QED) is 0.735. The smallest absolute Gasteiger partial charge is 0.319 e. The average Bonchev–Trinajstić information content (AvgIpc) is 2.32. The molecule has 0 saturated carbocycles. The van der Waals surface area contributed by atoms with Crippen molar-refractivity contribution in [1.82, 2.24) is 0 Å². The molecule has 0 heterocycles. The Morgan fingerprint density at radius 1 is 1.41 bits per heavy atom. The Hall–Kier alpha value is -0.670. The van der Waals surface area contributed by atoms with Gasteiger partial charge in [-0.05, 0) is 25.0 Å². The first-order valence-electron chi connectivity index (χ1n) is 5.70. The number of hydrogen-bond donors (Lipinski definition) is 0. The number of esters is 1. The van der Waals surface area contributed by atoms with Crippen LogP contribution in [0.3, 0.4) is 0 Å². The fourth-order valence-electron chi connectivity index (χ4n) is 1.39. The molecule has 0 radical (unpaired) electrons. The number of rotatable bonds is 6. The summed E-state index contributed by atoms with van der Waals surface area (Å²) >= 11 is 7.64. The predicted octanol–water partition coefficient (Wildman–Crippen LogP) is 3.91. The Kier molecular flexibility index (Phi) is 6.45. The molecular weight excluding hydrogens is 256 g/mol. The van der Waals surface area contributed by atoms with E-state index in [1.807, 2.05) is 38.1 Å². The van der Waals surface area contributed by atoms with Crippen LogP contribution in [0.25, 0.3) is 0 Å². The second-order valence-corrected chi connectivity index (χ2v) is 5.15. The molecule has 94 valence electrons. The van der Waals surface area contributed by atoms with Gasteiger partial charge in [0.05, 0.1) is 6.61 Å². The van der Waals surface area contributed by atoms with Gasteiger partial charge in [0.2, 0.25) is 0 Å². The van der Waals surface area contributed by atoms with Crippen LogP contribution in [-0.2, 0) is 15.3 Å². The number of benzene rings is 1. The summed E-state index contributed by atoms with van der Waals surface area (Å²) in [5.41, 5.74) is 1.06. The first kappa shape index (κ1) is 14.4. The van der Waals surface area contributed by atoms with E-state index < -0.39 is 0 Å². The molecule has 0 saturated heterocycles. The van der Waals surface area contributed by atoms with Crippen molar-refractivity contribution in [3.8, 4) is 0 Å². The van der Waals surface area contributed by atoms with E-state index in [0.717, 1.165) is 22.8 Å². The predicted molar refractivity (Wildman–Crippen MR) is 73.5 cm³/mol. The van der Waals surface area contributed by atoms with Crippen molar-refractivity contribution in [1.29, 1.82) is 0 Å². The van der Waals surface area contributed by atoms with Gasteiger partial charge in [0.1, 0.15) is 5.25 Å². The summed E-state index contributed by atoms with van der Waals surface area (Å²) in [4.78, 5) is 11.6. The SMILES string of the molecule is CCOC(=O)C(CC)SCc1ccccc1Cl. The normalized spacial score (nSPS) is 12.2. The highest BCUT2D eigenvalue weighted by atomic mass is 35.5. The van der Waals surface area contributed by atoms with Crippen LogP contribution in [0.5, 0.6) is 0 Å². The Morgan fingerprint density at radius 2 is 2.12 bits per heavy atom. The number of carbonyl (C=O) groups is 1. The molecule has 1 aromatic rings. The lowest BCUT2D eigenvalue weighted by molar-refractivity contribution is -0.142.